The van der Waals surface area contributed by atoms with Crippen LogP contribution in [0, 0.1) is 0 Å². The number of anilines is 3. The highest BCUT2D eigenvalue weighted by molar-refractivity contribution is 6.07. The molecule has 0 atom stereocenters. The minimum absolute atomic E-state index is 0.646. The Bertz CT molecular complexity index is 2760. The van der Waals surface area contributed by atoms with Crippen molar-refractivity contribution >= 4 is 38.8 Å². The first-order valence-corrected chi connectivity index (χ1v) is 17.6. The van der Waals surface area contributed by atoms with Gasteiger partial charge < -0.3 is 9.32 Å². The summed E-state index contributed by atoms with van der Waals surface area (Å²) in [6.45, 7) is 0. The average Bonchev–Trinajstić information content (AvgIpc) is 3.83. The Balaban J connectivity index is 1.25. The lowest BCUT2D eigenvalue weighted by molar-refractivity contribution is 0.507. The minimum atomic E-state index is -0.646. The summed E-state index contributed by atoms with van der Waals surface area (Å²) in [5.41, 5.74) is 14.7. The van der Waals surface area contributed by atoms with Gasteiger partial charge in [-0.15, -0.1) is 0 Å². The van der Waals surface area contributed by atoms with Gasteiger partial charge in [0, 0.05) is 27.9 Å². The van der Waals surface area contributed by atoms with E-state index >= 15 is 0 Å². The second-order valence-electron chi connectivity index (χ2n) is 13.6. The van der Waals surface area contributed by atoms with Crippen molar-refractivity contribution in [1.82, 2.24) is 0 Å². The van der Waals surface area contributed by atoms with E-state index in [1.807, 2.05) is 0 Å². The van der Waals surface area contributed by atoms with E-state index in [4.69, 9.17) is 4.42 Å². The van der Waals surface area contributed by atoms with Crippen LogP contribution >= 0.6 is 0 Å². The number of rotatable bonds is 4. The molecule has 8 aromatic carbocycles. The van der Waals surface area contributed by atoms with Crippen LogP contribution in [0.5, 0.6) is 0 Å². The van der Waals surface area contributed by atoms with Gasteiger partial charge in [0.1, 0.15) is 16.8 Å². The maximum atomic E-state index is 7.09. The summed E-state index contributed by atoms with van der Waals surface area (Å²) < 4.78 is 7.09. The number of hydrogen-bond acceptors (Lipinski definition) is 2. The van der Waals surface area contributed by atoms with Gasteiger partial charge >= 0.3 is 0 Å². The fourth-order valence-electron chi connectivity index (χ4n) is 8.94. The van der Waals surface area contributed by atoms with E-state index in [9.17, 15) is 0 Å². The highest BCUT2D eigenvalue weighted by Gasteiger charge is 2.56. The summed E-state index contributed by atoms with van der Waals surface area (Å²) in [4.78, 5) is 2.46. The van der Waals surface area contributed by atoms with Crippen LogP contribution in [0.25, 0.3) is 55.1 Å². The third kappa shape index (κ3) is 3.87. The molecule has 0 radical (unpaired) electrons. The molecule has 2 aliphatic rings. The maximum Gasteiger partial charge on any atom is 0.135 e. The average molecular weight is 650 g/mol. The van der Waals surface area contributed by atoms with E-state index in [1.165, 1.54) is 60.8 Å². The summed E-state index contributed by atoms with van der Waals surface area (Å²) >= 11 is 0. The lowest BCUT2D eigenvalue weighted by Gasteiger charge is -2.34. The zero-order chi connectivity index (χ0) is 33.5. The number of hydrogen-bond donors (Lipinski definition) is 0. The zero-order valence-electron chi connectivity index (χ0n) is 27.8. The Morgan fingerprint density at radius 1 is 0.431 bits per heavy atom. The van der Waals surface area contributed by atoms with Crippen molar-refractivity contribution in [3.05, 3.63) is 211 Å². The molecule has 0 fully saturated rings. The fourth-order valence-corrected chi connectivity index (χ4v) is 8.94. The van der Waals surface area contributed by atoms with Gasteiger partial charge in [0.2, 0.25) is 0 Å². The summed E-state index contributed by atoms with van der Waals surface area (Å²) in [7, 11) is 0. The van der Waals surface area contributed by atoms with Gasteiger partial charge in [-0.05, 0) is 86.1 Å². The van der Waals surface area contributed by atoms with Crippen LogP contribution in [0.2, 0.25) is 0 Å². The standard InChI is InChI=1S/C49H31NO/c1-2-13-32(14-3-1)34-25-28-36(29-26-34)50(37-30-27-33-15-4-5-16-35(33)31-37)44-23-12-20-41-46-40-19-8-11-24-45(40)51-48(46)49(47(41)44)42-21-9-6-17-38(42)39-18-7-10-22-43(39)49/h1-31H. The molecule has 1 heterocycles. The molecule has 0 bridgehead atoms. The Morgan fingerprint density at radius 3 is 1.82 bits per heavy atom. The topological polar surface area (TPSA) is 16.4 Å². The van der Waals surface area contributed by atoms with Crippen molar-refractivity contribution in [2.45, 2.75) is 5.41 Å². The molecule has 51 heavy (non-hydrogen) atoms. The highest BCUT2D eigenvalue weighted by Crippen LogP contribution is 2.66. The van der Waals surface area contributed by atoms with Gasteiger partial charge in [-0.25, -0.2) is 0 Å². The van der Waals surface area contributed by atoms with Crippen LogP contribution in [0.15, 0.2) is 192 Å². The number of para-hydroxylation sites is 1. The van der Waals surface area contributed by atoms with Gasteiger partial charge in [0.25, 0.3) is 0 Å². The van der Waals surface area contributed by atoms with Crippen LogP contribution in [-0.4, -0.2) is 0 Å². The second kappa shape index (κ2) is 10.7. The van der Waals surface area contributed by atoms with E-state index in [2.05, 4.69) is 193 Å². The van der Waals surface area contributed by atoms with Gasteiger partial charge in [-0.1, -0.05) is 152 Å². The van der Waals surface area contributed by atoms with E-state index in [-0.39, 0.29) is 0 Å². The molecule has 0 unspecified atom stereocenters. The van der Waals surface area contributed by atoms with Gasteiger partial charge in [0.15, 0.2) is 0 Å². The Hall–Kier alpha value is -6.64. The first kappa shape index (κ1) is 28.2. The van der Waals surface area contributed by atoms with Crippen LogP contribution in [0.4, 0.5) is 17.1 Å². The fraction of sp³-hybridized carbons (Fsp3) is 0.0204. The van der Waals surface area contributed by atoms with E-state index in [1.54, 1.807) is 0 Å². The van der Waals surface area contributed by atoms with Crippen LogP contribution in [0.3, 0.4) is 0 Å². The van der Waals surface area contributed by atoms with Crippen molar-refractivity contribution in [3.63, 3.8) is 0 Å². The minimum Gasteiger partial charge on any atom is -0.459 e. The van der Waals surface area contributed by atoms with Crippen molar-refractivity contribution in [2.24, 2.45) is 0 Å². The van der Waals surface area contributed by atoms with Crippen LogP contribution in [0.1, 0.15) is 22.5 Å². The van der Waals surface area contributed by atoms with Crippen LogP contribution in [-0.2, 0) is 5.41 Å². The molecule has 2 nitrogen and oxygen atoms in total. The zero-order valence-corrected chi connectivity index (χ0v) is 27.8. The number of furan rings is 1. The Labute approximate surface area is 296 Å². The third-order valence-electron chi connectivity index (χ3n) is 11.0. The summed E-state index contributed by atoms with van der Waals surface area (Å²) in [6.07, 6.45) is 0. The highest BCUT2D eigenvalue weighted by atomic mass is 16.3. The molecule has 0 N–H and O–H groups in total. The number of nitrogens with zero attached hydrogens (tertiary/aromatic N) is 1. The normalized spacial score (nSPS) is 13.3. The number of benzene rings is 8. The first-order valence-electron chi connectivity index (χ1n) is 17.6. The molecular weight excluding hydrogens is 619 g/mol. The SMILES string of the molecule is c1ccc(-c2ccc(N(c3ccc4ccccc4c3)c3cccc4c3C3(c5ccccc5-c5ccccc53)c3oc5ccccc5c3-4)cc2)cc1. The third-order valence-corrected chi connectivity index (χ3v) is 11.0. The second-order valence-corrected chi connectivity index (χ2v) is 13.6. The molecule has 2 heteroatoms. The predicted molar refractivity (Wildman–Crippen MR) is 210 cm³/mol. The molecule has 238 valence electrons. The molecule has 9 aromatic rings. The van der Waals surface area contributed by atoms with E-state index < -0.39 is 5.41 Å². The molecule has 0 aliphatic heterocycles. The van der Waals surface area contributed by atoms with Crippen molar-refractivity contribution in [3.8, 4) is 33.4 Å². The molecule has 2 aliphatic carbocycles. The molecule has 0 amide bonds. The van der Waals surface area contributed by atoms with E-state index in [0.29, 0.717) is 0 Å². The molecular formula is C49H31NO. The van der Waals surface area contributed by atoms with Crippen molar-refractivity contribution < 1.29 is 4.42 Å². The summed E-state index contributed by atoms with van der Waals surface area (Å²) in [6, 6.07) is 68.3. The molecule has 0 saturated heterocycles. The molecule has 11 rings (SSSR count). The van der Waals surface area contributed by atoms with Crippen molar-refractivity contribution in [2.75, 3.05) is 4.90 Å². The van der Waals surface area contributed by atoms with Gasteiger partial charge in [-0.3, -0.25) is 0 Å². The quantitative estimate of drug-likeness (QED) is 0.189. The van der Waals surface area contributed by atoms with Crippen molar-refractivity contribution in [1.29, 1.82) is 0 Å². The first-order chi connectivity index (χ1) is 25.3. The Kier molecular flexibility index (Phi) is 5.91. The van der Waals surface area contributed by atoms with Crippen LogP contribution < -0.4 is 4.90 Å². The maximum absolute atomic E-state index is 7.09. The Morgan fingerprint density at radius 2 is 1.04 bits per heavy atom. The lowest BCUT2D eigenvalue weighted by atomic mass is 9.72. The lowest BCUT2D eigenvalue weighted by Crippen LogP contribution is -2.28. The van der Waals surface area contributed by atoms with Gasteiger partial charge in [0.05, 0.1) is 5.69 Å². The summed E-state index contributed by atoms with van der Waals surface area (Å²) in [5.74, 6) is 1.00. The molecule has 0 saturated carbocycles. The van der Waals surface area contributed by atoms with Gasteiger partial charge in [-0.2, -0.15) is 0 Å². The number of fused-ring (bicyclic) bond motifs is 13. The molecule has 1 spiro atoms. The molecule has 1 aromatic heterocycles. The smallest absolute Gasteiger partial charge is 0.135 e. The monoisotopic (exact) mass is 649 g/mol. The predicted octanol–water partition coefficient (Wildman–Crippen LogP) is 13.1. The summed E-state index contributed by atoms with van der Waals surface area (Å²) in [5, 5.41) is 3.58. The van der Waals surface area contributed by atoms with E-state index in [0.717, 1.165) is 33.8 Å². The largest absolute Gasteiger partial charge is 0.459 e.